The predicted molar refractivity (Wildman–Crippen MR) is 76.4 cm³/mol. The van der Waals surface area contributed by atoms with E-state index in [0.29, 0.717) is 18.9 Å². The molecule has 108 valence electrons. The van der Waals surface area contributed by atoms with Gasteiger partial charge in [0.25, 0.3) is 0 Å². The molecule has 0 fully saturated rings. The Morgan fingerprint density at radius 2 is 1.61 bits per heavy atom. The Kier molecular flexibility index (Phi) is 11.2. The van der Waals surface area contributed by atoms with Crippen LogP contribution >= 0.6 is 0 Å². The van der Waals surface area contributed by atoms with Crippen molar-refractivity contribution in [1.82, 2.24) is 0 Å². The molecule has 0 aromatic rings. The summed E-state index contributed by atoms with van der Waals surface area (Å²) in [5.74, 6) is 0.195. The van der Waals surface area contributed by atoms with Crippen molar-refractivity contribution >= 4 is 5.97 Å². The smallest absolute Gasteiger partial charge is 0.322 e. The normalized spacial score (nSPS) is 12.7. The molecule has 0 rings (SSSR count). The Bertz CT molecular complexity index is 205. The summed E-state index contributed by atoms with van der Waals surface area (Å²) < 4.78 is 5.17. The van der Waals surface area contributed by atoms with Crippen LogP contribution in [0.4, 0.5) is 0 Å². The fourth-order valence-electron chi connectivity index (χ4n) is 1.94. The molecule has 18 heavy (non-hydrogen) atoms. The Hall–Kier alpha value is -0.570. The Balaban J connectivity index is 3.35. The number of hydrogen-bond donors (Lipinski definition) is 1. The second-order valence-corrected chi connectivity index (χ2v) is 5.52. The summed E-state index contributed by atoms with van der Waals surface area (Å²) >= 11 is 0. The Morgan fingerprint density at radius 1 is 1.06 bits per heavy atom. The second kappa shape index (κ2) is 11.5. The van der Waals surface area contributed by atoms with E-state index in [1.807, 2.05) is 0 Å². The van der Waals surface area contributed by atoms with E-state index in [9.17, 15) is 4.79 Å². The van der Waals surface area contributed by atoms with Gasteiger partial charge in [0.2, 0.25) is 0 Å². The van der Waals surface area contributed by atoms with Crippen LogP contribution in [0.2, 0.25) is 0 Å². The van der Waals surface area contributed by atoms with Gasteiger partial charge in [-0.25, -0.2) is 0 Å². The number of rotatable bonds is 11. The average Bonchev–Trinajstić information content (AvgIpc) is 2.31. The minimum Gasteiger partial charge on any atom is -0.465 e. The first kappa shape index (κ1) is 17.4. The van der Waals surface area contributed by atoms with Crippen molar-refractivity contribution in [2.24, 2.45) is 11.7 Å². The van der Waals surface area contributed by atoms with Gasteiger partial charge in [0.1, 0.15) is 6.04 Å². The largest absolute Gasteiger partial charge is 0.465 e. The first-order chi connectivity index (χ1) is 8.57. The van der Waals surface area contributed by atoms with E-state index in [1.165, 1.54) is 32.1 Å². The number of nitrogens with two attached hydrogens (primary N) is 1. The van der Waals surface area contributed by atoms with Crippen molar-refractivity contribution in [1.29, 1.82) is 0 Å². The van der Waals surface area contributed by atoms with E-state index in [1.54, 1.807) is 0 Å². The van der Waals surface area contributed by atoms with Crippen molar-refractivity contribution in [2.45, 2.75) is 78.2 Å². The lowest BCUT2D eigenvalue weighted by molar-refractivity contribution is -0.145. The summed E-state index contributed by atoms with van der Waals surface area (Å²) in [5, 5.41) is 0. The number of esters is 1. The zero-order chi connectivity index (χ0) is 13.8. The number of hydrogen-bond acceptors (Lipinski definition) is 3. The van der Waals surface area contributed by atoms with E-state index in [0.717, 1.165) is 12.8 Å². The molecule has 0 aliphatic heterocycles. The highest BCUT2D eigenvalue weighted by Crippen LogP contribution is 2.08. The third-order valence-electron chi connectivity index (χ3n) is 3.02. The lowest BCUT2D eigenvalue weighted by atomic mass is 10.1. The molecule has 0 unspecified atom stereocenters. The molecule has 0 aliphatic rings. The van der Waals surface area contributed by atoms with Gasteiger partial charge in [0, 0.05) is 0 Å². The van der Waals surface area contributed by atoms with Crippen molar-refractivity contribution in [3.05, 3.63) is 0 Å². The summed E-state index contributed by atoms with van der Waals surface area (Å²) in [6, 6.07) is -0.449. The molecule has 0 saturated carbocycles. The number of unbranched alkanes of at least 4 members (excludes halogenated alkanes) is 6. The first-order valence-electron chi connectivity index (χ1n) is 7.50. The van der Waals surface area contributed by atoms with Gasteiger partial charge in [0.15, 0.2) is 0 Å². The molecule has 0 aromatic carbocycles. The highest BCUT2D eigenvalue weighted by molar-refractivity contribution is 5.75. The zero-order valence-electron chi connectivity index (χ0n) is 12.4. The Morgan fingerprint density at radius 3 is 2.17 bits per heavy atom. The molecule has 0 bridgehead atoms. The molecule has 0 aromatic heterocycles. The Labute approximate surface area is 112 Å². The molecule has 0 heterocycles. The molecule has 0 radical (unpaired) electrons. The highest BCUT2D eigenvalue weighted by Gasteiger charge is 2.15. The van der Waals surface area contributed by atoms with Crippen LogP contribution in [-0.2, 0) is 9.53 Å². The maximum absolute atomic E-state index is 11.5. The van der Waals surface area contributed by atoms with Crippen LogP contribution in [0.15, 0.2) is 0 Å². The molecule has 0 aliphatic carbocycles. The van der Waals surface area contributed by atoms with Crippen LogP contribution in [0, 0.1) is 5.92 Å². The summed E-state index contributed by atoms with van der Waals surface area (Å²) in [6.45, 7) is 6.87. The highest BCUT2D eigenvalue weighted by atomic mass is 16.5. The van der Waals surface area contributed by atoms with Crippen LogP contribution in [0.5, 0.6) is 0 Å². The van der Waals surface area contributed by atoms with Gasteiger partial charge >= 0.3 is 5.97 Å². The summed E-state index contributed by atoms with van der Waals surface area (Å²) in [5.41, 5.74) is 5.74. The van der Waals surface area contributed by atoms with Gasteiger partial charge in [-0.1, -0.05) is 59.3 Å². The maximum atomic E-state index is 11.5. The van der Waals surface area contributed by atoms with Crippen LogP contribution in [0.1, 0.15) is 72.1 Å². The average molecular weight is 257 g/mol. The van der Waals surface area contributed by atoms with Crippen molar-refractivity contribution < 1.29 is 9.53 Å². The quantitative estimate of drug-likeness (QED) is 0.454. The molecule has 3 heteroatoms. The number of carbonyl (C=O) groups excluding carboxylic acids is 1. The van der Waals surface area contributed by atoms with Gasteiger partial charge < -0.3 is 10.5 Å². The van der Waals surface area contributed by atoms with Gasteiger partial charge in [0.05, 0.1) is 6.61 Å². The van der Waals surface area contributed by atoms with Crippen molar-refractivity contribution in [3.8, 4) is 0 Å². The first-order valence-corrected chi connectivity index (χ1v) is 7.50. The standard InChI is InChI=1S/C15H31NO2/c1-4-5-6-7-8-9-10-11-18-15(17)14(16)12-13(2)3/h13-14H,4-12,16H2,1-3H3/t14-/m0/s1. The topological polar surface area (TPSA) is 52.3 Å². The van der Waals surface area contributed by atoms with Gasteiger partial charge in [-0.05, 0) is 18.8 Å². The fraction of sp³-hybridized carbons (Fsp3) is 0.933. The van der Waals surface area contributed by atoms with E-state index in [2.05, 4.69) is 20.8 Å². The third kappa shape index (κ3) is 10.6. The van der Waals surface area contributed by atoms with Crippen LogP contribution in [0.3, 0.4) is 0 Å². The lowest BCUT2D eigenvalue weighted by Gasteiger charge is -2.13. The summed E-state index contributed by atoms with van der Waals surface area (Å²) in [6.07, 6.45) is 9.31. The van der Waals surface area contributed by atoms with Crippen LogP contribution < -0.4 is 5.73 Å². The van der Waals surface area contributed by atoms with Crippen molar-refractivity contribution in [2.75, 3.05) is 6.61 Å². The van der Waals surface area contributed by atoms with Gasteiger partial charge in [-0.15, -0.1) is 0 Å². The summed E-state index contributed by atoms with van der Waals surface area (Å²) in [7, 11) is 0. The SMILES string of the molecule is CCCCCCCCCOC(=O)[C@@H](N)CC(C)C. The number of carbonyl (C=O) groups is 1. The molecule has 0 amide bonds. The van der Waals surface area contributed by atoms with Gasteiger partial charge in [-0.2, -0.15) is 0 Å². The van der Waals surface area contributed by atoms with Gasteiger partial charge in [-0.3, -0.25) is 4.79 Å². The van der Waals surface area contributed by atoms with E-state index in [-0.39, 0.29) is 5.97 Å². The molecule has 0 spiro atoms. The molecule has 0 saturated heterocycles. The molecule has 3 nitrogen and oxygen atoms in total. The van der Waals surface area contributed by atoms with Crippen molar-refractivity contribution in [3.63, 3.8) is 0 Å². The van der Waals surface area contributed by atoms with E-state index < -0.39 is 6.04 Å². The fourth-order valence-corrected chi connectivity index (χ4v) is 1.94. The lowest BCUT2D eigenvalue weighted by Crippen LogP contribution is -2.33. The zero-order valence-corrected chi connectivity index (χ0v) is 12.4. The molecule has 1 atom stereocenters. The minimum atomic E-state index is -0.449. The summed E-state index contributed by atoms with van der Waals surface area (Å²) in [4.78, 5) is 11.5. The number of ether oxygens (including phenoxy) is 1. The third-order valence-corrected chi connectivity index (χ3v) is 3.02. The van der Waals surface area contributed by atoms with E-state index in [4.69, 9.17) is 10.5 Å². The minimum absolute atomic E-state index is 0.241. The second-order valence-electron chi connectivity index (χ2n) is 5.52. The molecular formula is C15H31NO2. The van der Waals surface area contributed by atoms with Crippen LogP contribution in [0.25, 0.3) is 0 Å². The molecular weight excluding hydrogens is 226 g/mol. The monoisotopic (exact) mass is 257 g/mol. The molecule has 2 N–H and O–H groups in total. The predicted octanol–water partition coefficient (Wildman–Crippen LogP) is 3.65. The van der Waals surface area contributed by atoms with Crippen LogP contribution in [-0.4, -0.2) is 18.6 Å². The maximum Gasteiger partial charge on any atom is 0.322 e. The van der Waals surface area contributed by atoms with E-state index >= 15 is 0 Å².